The molecule has 0 aromatic heterocycles. The van der Waals surface area contributed by atoms with E-state index in [1.807, 2.05) is 0 Å². The second-order valence-corrected chi connectivity index (χ2v) is 9.56. The fraction of sp³-hybridized carbons (Fsp3) is 0.733. The maximum Gasteiger partial charge on any atom is 0.107 e. The largest absolute Gasteiger partial charge is 0.310 e. The van der Waals surface area contributed by atoms with Crippen molar-refractivity contribution in [2.24, 2.45) is 0 Å². The standard InChI is InChI=1S/C15H29NSi.Ti/c1-11-10-15(7,13(3)12(11)2)16(17(8)9)14(4,5)6;/h10,17H,1-9H3;. The van der Waals surface area contributed by atoms with Crippen LogP contribution >= 0.6 is 0 Å². The molecule has 0 aliphatic heterocycles. The monoisotopic (exact) mass is 299 g/mol. The van der Waals surface area contributed by atoms with E-state index in [-0.39, 0.29) is 32.8 Å². The van der Waals surface area contributed by atoms with Crippen LogP contribution in [0, 0.1) is 0 Å². The van der Waals surface area contributed by atoms with E-state index in [1.165, 1.54) is 16.7 Å². The van der Waals surface area contributed by atoms with Gasteiger partial charge in [0, 0.05) is 27.3 Å². The number of nitrogens with zero attached hydrogens (tertiary/aromatic N) is 1. The summed E-state index contributed by atoms with van der Waals surface area (Å²) in [6.45, 7) is 21.1. The molecule has 0 heterocycles. The molecule has 18 heavy (non-hydrogen) atoms. The summed E-state index contributed by atoms with van der Waals surface area (Å²) in [4.78, 5) is 0. The van der Waals surface area contributed by atoms with Crippen LogP contribution in [0.15, 0.2) is 22.8 Å². The van der Waals surface area contributed by atoms with Gasteiger partial charge in [0.2, 0.25) is 0 Å². The van der Waals surface area contributed by atoms with Crippen LogP contribution in [0.25, 0.3) is 0 Å². The van der Waals surface area contributed by atoms with Crippen LogP contribution in [0.5, 0.6) is 0 Å². The van der Waals surface area contributed by atoms with Crippen molar-refractivity contribution in [2.75, 3.05) is 0 Å². The van der Waals surface area contributed by atoms with Crippen LogP contribution in [-0.4, -0.2) is 24.6 Å². The summed E-state index contributed by atoms with van der Waals surface area (Å²) in [6.07, 6.45) is 2.47. The zero-order chi connectivity index (χ0) is 13.6. The van der Waals surface area contributed by atoms with E-state index in [9.17, 15) is 0 Å². The molecule has 1 aliphatic rings. The Kier molecular flexibility index (Phi) is 5.90. The SMILES string of the molecule is CC1=CC(C)(N([SiH](C)C)C(C)(C)C)C(C)=C1C.[Ti]. The Labute approximate surface area is 130 Å². The van der Waals surface area contributed by atoms with Gasteiger partial charge in [0.05, 0.1) is 5.54 Å². The second kappa shape index (κ2) is 5.78. The van der Waals surface area contributed by atoms with Crippen molar-refractivity contribution in [1.82, 2.24) is 4.57 Å². The van der Waals surface area contributed by atoms with Crippen molar-refractivity contribution >= 4 is 8.96 Å². The molecule has 0 aromatic rings. The first-order valence-corrected chi connectivity index (χ1v) is 9.51. The summed E-state index contributed by atoms with van der Waals surface area (Å²) in [7, 11) is -0.869. The van der Waals surface area contributed by atoms with Crippen LogP contribution in [0.2, 0.25) is 13.1 Å². The molecule has 1 aliphatic carbocycles. The number of allylic oxidation sites excluding steroid dienone is 2. The average Bonchev–Trinajstić information content (AvgIpc) is 2.27. The summed E-state index contributed by atoms with van der Waals surface area (Å²) in [5, 5.41) is 0. The Morgan fingerprint density at radius 2 is 1.56 bits per heavy atom. The maximum absolute atomic E-state index is 2.76. The molecule has 0 N–H and O–H groups in total. The first-order valence-electron chi connectivity index (χ1n) is 6.69. The molecule has 0 amide bonds. The van der Waals surface area contributed by atoms with Crippen LogP contribution in [-0.2, 0) is 21.7 Å². The maximum atomic E-state index is 2.76. The van der Waals surface area contributed by atoms with Crippen LogP contribution in [0.1, 0.15) is 48.5 Å². The molecular weight excluding hydrogens is 270 g/mol. The molecule has 1 unspecified atom stereocenters. The first kappa shape index (κ1) is 18.4. The number of hydrogen-bond acceptors (Lipinski definition) is 1. The molecule has 1 rings (SSSR count). The van der Waals surface area contributed by atoms with Crippen molar-refractivity contribution < 1.29 is 21.7 Å². The summed E-state index contributed by atoms with van der Waals surface area (Å²) in [6, 6.07) is 0. The minimum absolute atomic E-state index is 0. The Balaban J connectivity index is 0.00000289. The van der Waals surface area contributed by atoms with Gasteiger partial charge in [-0.3, -0.25) is 0 Å². The molecular formula is C15H29NSiTi. The smallest absolute Gasteiger partial charge is 0.107 e. The van der Waals surface area contributed by atoms with Gasteiger partial charge in [-0.2, -0.15) is 0 Å². The topological polar surface area (TPSA) is 3.24 Å². The third-order valence-electron chi connectivity index (χ3n) is 4.15. The zero-order valence-corrected chi connectivity index (χ0v) is 16.3. The fourth-order valence-electron chi connectivity index (χ4n) is 3.57. The van der Waals surface area contributed by atoms with Crippen molar-refractivity contribution in [3.8, 4) is 0 Å². The molecule has 102 valence electrons. The van der Waals surface area contributed by atoms with Crippen molar-refractivity contribution in [1.29, 1.82) is 0 Å². The average molecular weight is 299 g/mol. The van der Waals surface area contributed by atoms with Gasteiger partial charge in [0.25, 0.3) is 0 Å². The minimum Gasteiger partial charge on any atom is -0.310 e. The molecule has 1 nitrogen and oxygen atoms in total. The molecule has 0 spiro atoms. The third kappa shape index (κ3) is 3.09. The quantitative estimate of drug-likeness (QED) is 0.693. The van der Waals surface area contributed by atoms with Gasteiger partial charge in [-0.05, 0) is 59.6 Å². The van der Waals surface area contributed by atoms with E-state index < -0.39 is 8.96 Å². The molecule has 0 bridgehead atoms. The Morgan fingerprint density at radius 3 is 1.78 bits per heavy atom. The second-order valence-electron chi connectivity index (χ2n) is 6.86. The van der Waals surface area contributed by atoms with Gasteiger partial charge in [-0.1, -0.05) is 24.7 Å². The number of hydrogen-bond donors (Lipinski definition) is 0. The van der Waals surface area contributed by atoms with Crippen LogP contribution in [0.4, 0.5) is 0 Å². The molecule has 0 radical (unpaired) electrons. The van der Waals surface area contributed by atoms with Gasteiger partial charge >= 0.3 is 0 Å². The summed E-state index contributed by atoms with van der Waals surface area (Å²) < 4.78 is 2.76. The molecule has 0 saturated heterocycles. The predicted molar refractivity (Wildman–Crippen MR) is 81.0 cm³/mol. The van der Waals surface area contributed by atoms with Crippen molar-refractivity contribution in [3.05, 3.63) is 22.8 Å². The Hall–Kier alpha value is 0.371. The molecule has 3 heteroatoms. The summed E-state index contributed by atoms with van der Waals surface area (Å²) in [5.74, 6) is 0. The summed E-state index contributed by atoms with van der Waals surface area (Å²) >= 11 is 0. The Bertz CT molecular complexity index is 376. The van der Waals surface area contributed by atoms with E-state index >= 15 is 0 Å². The van der Waals surface area contributed by atoms with Gasteiger partial charge in [-0.15, -0.1) is 0 Å². The van der Waals surface area contributed by atoms with Gasteiger partial charge < -0.3 is 4.57 Å². The predicted octanol–water partition coefficient (Wildman–Crippen LogP) is 4.12. The first-order chi connectivity index (χ1) is 7.51. The van der Waals surface area contributed by atoms with Gasteiger partial charge in [-0.25, -0.2) is 0 Å². The molecule has 0 fully saturated rings. The van der Waals surface area contributed by atoms with E-state index in [0.717, 1.165) is 0 Å². The van der Waals surface area contributed by atoms with E-state index in [2.05, 4.69) is 72.2 Å². The van der Waals surface area contributed by atoms with E-state index in [0.29, 0.717) is 0 Å². The van der Waals surface area contributed by atoms with Crippen molar-refractivity contribution in [2.45, 2.75) is 72.6 Å². The van der Waals surface area contributed by atoms with E-state index in [1.54, 1.807) is 0 Å². The fourth-order valence-corrected chi connectivity index (χ4v) is 6.46. The Morgan fingerprint density at radius 1 is 1.11 bits per heavy atom. The van der Waals surface area contributed by atoms with Crippen LogP contribution in [0.3, 0.4) is 0 Å². The van der Waals surface area contributed by atoms with E-state index in [4.69, 9.17) is 0 Å². The molecule has 0 aromatic carbocycles. The third-order valence-corrected chi connectivity index (χ3v) is 6.49. The number of rotatable bonds is 2. The zero-order valence-electron chi connectivity index (χ0n) is 13.6. The molecule has 1 atom stereocenters. The summed E-state index contributed by atoms with van der Waals surface area (Å²) in [5.41, 5.74) is 4.83. The minimum atomic E-state index is -0.869. The van der Waals surface area contributed by atoms with Crippen molar-refractivity contribution in [3.63, 3.8) is 0 Å². The van der Waals surface area contributed by atoms with Gasteiger partial charge in [0.1, 0.15) is 8.96 Å². The molecule has 0 saturated carbocycles. The van der Waals surface area contributed by atoms with Gasteiger partial charge in [0.15, 0.2) is 0 Å². The van der Waals surface area contributed by atoms with Crippen LogP contribution < -0.4 is 0 Å². The normalized spacial score (nSPS) is 24.7.